The maximum absolute atomic E-state index is 13.3. The molecule has 27 heavy (non-hydrogen) atoms. The molecule has 0 bridgehead atoms. The normalized spacial score (nSPS) is 11.5. The number of anilines is 3. The monoisotopic (exact) mass is 373 g/mol. The van der Waals surface area contributed by atoms with E-state index in [1.165, 1.54) is 18.2 Å². The van der Waals surface area contributed by atoms with Gasteiger partial charge in [-0.25, -0.2) is 4.98 Å². The second-order valence-corrected chi connectivity index (χ2v) is 6.14. The number of halogens is 3. The molecule has 140 valence electrons. The standard InChI is InChI=1S/C19H18F3N5/c1-12(2)24-18-26-16(15-9-5-6-10-23-15)11-17(27-18)25-14-8-4-3-7-13(14)19(20,21)22/h3-12H,1-2H3,(H2,24,25,26,27). The minimum atomic E-state index is -4.47. The largest absolute Gasteiger partial charge is 0.418 e. The predicted octanol–water partition coefficient (Wildman–Crippen LogP) is 5.12. The minimum absolute atomic E-state index is 0.0549. The number of alkyl halides is 3. The molecule has 0 aliphatic carbocycles. The van der Waals surface area contributed by atoms with Crippen LogP contribution in [-0.2, 0) is 6.18 Å². The summed E-state index contributed by atoms with van der Waals surface area (Å²) in [5, 5.41) is 5.84. The number of rotatable bonds is 5. The molecule has 5 nitrogen and oxygen atoms in total. The summed E-state index contributed by atoms with van der Waals surface area (Å²) >= 11 is 0. The van der Waals surface area contributed by atoms with Crippen LogP contribution >= 0.6 is 0 Å². The molecule has 3 rings (SSSR count). The number of nitrogens with one attached hydrogen (secondary N) is 2. The highest BCUT2D eigenvalue weighted by Crippen LogP contribution is 2.36. The lowest BCUT2D eigenvalue weighted by molar-refractivity contribution is -0.136. The number of aromatic nitrogens is 3. The Kier molecular flexibility index (Phi) is 5.25. The zero-order valence-corrected chi connectivity index (χ0v) is 14.7. The van der Waals surface area contributed by atoms with Crippen LogP contribution in [0.15, 0.2) is 54.7 Å². The predicted molar refractivity (Wildman–Crippen MR) is 98.7 cm³/mol. The number of nitrogens with zero attached hydrogens (tertiary/aromatic N) is 3. The van der Waals surface area contributed by atoms with Crippen LogP contribution in [0, 0.1) is 0 Å². The van der Waals surface area contributed by atoms with Crippen molar-refractivity contribution in [3.63, 3.8) is 0 Å². The van der Waals surface area contributed by atoms with Gasteiger partial charge < -0.3 is 10.6 Å². The Morgan fingerprint density at radius 3 is 2.33 bits per heavy atom. The highest BCUT2D eigenvalue weighted by molar-refractivity contribution is 5.67. The molecular formula is C19H18F3N5. The molecule has 0 aliphatic heterocycles. The summed E-state index contributed by atoms with van der Waals surface area (Å²) < 4.78 is 39.8. The van der Waals surface area contributed by atoms with Crippen LogP contribution in [0.4, 0.5) is 30.6 Å². The molecule has 0 spiro atoms. The summed E-state index contributed by atoms with van der Waals surface area (Å²) in [4.78, 5) is 12.9. The van der Waals surface area contributed by atoms with Crippen molar-refractivity contribution >= 4 is 17.5 Å². The molecule has 2 heterocycles. The van der Waals surface area contributed by atoms with Crippen molar-refractivity contribution in [1.29, 1.82) is 0 Å². The maximum atomic E-state index is 13.3. The summed E-state index contributed by atoms with van der Waals surface area (Å²) in [6, 6.07) is 12.3. The number of pyridine rings is 1. The molecule has 0 fully saturated rings. The topological polar surface area (TPSA) is 62.7 Å². The van der Waals surface area contributed by atoms with Gasteiger partial charge in [0.05, 0.1) is 22.6 Å². The number of hydrogen-bond donors (Lipinski definition) is 2. The van der Waals surface area contributed by atoms with E-state index in [1.807, 2.05) is 19.9 Å². The fourth-order valence-electron chi connectivity index (χ4n) is 2.46. The zero-order chi connectivity index (χ0) is 19.4. The first-order chi connectivity index (χ1) is 12.8. The molecule has 0 atom stereocenters. The smallest absolute Gasteiger partial charge is 0.352 e. The van der Waals surface area contributed by atoms with Crippen LogP contribution in [0.25, 0.3) is 11.4 Å². The van der Waals surface area contributed by atoms with Gasteiger partial charge >= 0.3 is 6.18 Å². The van der Waals surface area contributed by atoms with Gasteiger partial charge in [0.25, 0.3) is 0 Å². The summed E-state index contributed by atoms with van der Waals surface area (Å²) in [6.45, 7) is 3.84. The number of hydrogen-bond acceptors (Lipinski definition) is 5. The second kappa shape index (κ2) is 7.61. The first kappa shape index (κ1) is 18.6. The highest BCUT2D eigenvalue weighted by atomic mass is 19.4. The molecular weight excluding hydrogens is 355 g/mol. The molecule has 3 aromatic rings. The Morgan fingerprint density at radius 2 is 1.67 bits per heavy atom. The summed E-state index contributed by atoms with van der Waals surface area (Å²) in [5.41, 5.74) is 0.257. The van der Waals surface area contributed by atoms with E-state index >= 15 is 0 Å². The SMILES string of the molecule is CC(C)Nc1nc(Nc2ccccc2C(F)(F)F)cc(-c2ccccn2)n1. The van der Waals surface area contributed by atoms with E-state index in [0.29, 0.717) is 17.3 Å². The zero-order valence-electron chi connectivity index (χ0n) is 14.7. The molecule has 0 unspecified atom stereocenters. The van der Waals surface area contributed by atoms with Crippen LogP contribution in [0.3, 0.4) is 0 Å². The lowest BCUT2D eigenvalue weighted by atomic mass is 10.1. The van der Waals surface area contributed by atoms with Crippen molar-refractivity contribution in [1.82, 2.24) is 15.0 Å². The number of para-hydroxylation sites is 1. The van der Waals surface area contributed by atoms with E-state index in [4.69, 9.17) is 0 Å². The van der Waals surface area contributed by atoms with E-state index in [9.17, 15) is 13.2 Å². The Morgan fingerprint density at radius 1 is 0.926 bits per heavy atom. The minimum Gasteiger partial charge on any atom is -0.352 e. The van der Waals surface area contributed by atoms with Crippen LogP contribution < -0.4 is 10.6 Å². The average Bonchev–Trinajstić information content (AvgIpc) is 2.61. The average molecular weight is 373 g/mol. The molecule has 0 aliphatic rings. The Bertz CT molecular complexity index is 911. The molecule has 0 radical (unpaired) electrons. The maximum Gasteiger partial charge on any atom is 0.418 e. The Hall–Kier alpha value is -3.16. The number of benzene rings is 1. The molecule has 0 saturated heterocycles. The van der Waals surface area contributed by atoms with Gasteiger partial charge in [-0.05, 0) is 38.1 Å². The molecule has 0 amide bonds. The van der Waals surface area contributed by atoms with Crippen molar-refractivity contribution in [3.05, 3.63) is 60.3 Å². The van der Waals surface area contributed by atoms with E-state index in [2.05, 4.69) is 25.6 Å². The summed E-state index contributed by atoms with van der Waals surface area (Å²) in [7, 11) is 0. The van der Waals surface area contributed by atoms with Crippen molar-refractivity contribution in [2.75, 3.05) is 10.6 Å². The first-order valence-electron chi connectivity index (χ1n) is 8.33. The molecule has 2 N–H and O–H groups in total. The van der Waals surface area contributed by atoms with E-state index < -0.39 is 11.7 Å². The highest BCUT2D eigenvalue weighted by Gasteiger charge is 2.33. The summed E-state index contributed by atoms with van der Waals surface area (Å²) in [6.07, 6.45) is -2.85. The van der Waals surface area contributed by atoms with E-state index in [-0.39, 0.29) is 17.5 Å². The van der Waals surface area contributed by atoms with Crippen molar-refractivity contribution < 1.29 is 13.2 Å². The van der Waals surface area contributed by atoms with Gasteiger partial charge in [-0.15, -0.1) is 0 Å². The first-order valence-corrected chi connectivity index (χ1v) is 8.33. The van der Waals surface area contributed by atoms with Gasteiger partial charge in [0.2, 0.25) is 5.95 Å². The van der Waals surface area contributed by atoms with Crippen molar-refractivity contribution in [2.24, 2.45) is 0 Å². The van der Waals surface area contributed by atoms with Gasteiger partial charge in [-0.2, -0.15) is 18.2 Å². The van der Waals surface area contributed by atoms with Crippen LogP contribution in [-0.4, -0.2) is 21.0 Å². The third kappa shape index (κ3) is 4.72. The molecule has 2 aromatic heterocycles. The van der Waals surface area contributed by atoms with Crippen molar-refractivity contribution in [2.45, 2.75) is 26.1 Å². The van der Waals surface area contributed by atoms with Crippen LogP contribution in [0.5, 0.6) is 0 Å². The van der Waals surface area contributed by atoms with Gasteiger partial charge in [0.15, 0.2) is 0 Å². The fourth-order valence-corrected chi connectivity index (χ4v) is 2.46. The molecule has 8 heteroatoms. The van der Waals surface area contributed by atoms with Crippen molar-refractivity contribution in [3.8, 4) is 11.4 Å². The lowest BCUT2D eigenvalue weighted by Crippen LogP contribution is -2.14. The van der Waals surface area contributed by atoms with E-state index in [0.717, 1.165) is 6.07 Å². The fraction of sp³-hybridized carbons (Fsp3) is 0.211. The Labute approximate surface area is 154 Å². The molecule has 0 saturated carbocycles. The Balaban J connectivity index is 2.03. The van der Waals surface area contributed by atoms with Gasteiger partial charge in [-0.1, -0.05) is 18.2 Å². The second-order valence-electron chi connectivity index (χ2n) is 6.14. The van der Waals surface area contributed by atoms with Gasteiger partial charge in [0, 0.05) is 18.3 Å². The van der Waals surface area contributed by atoms with Crippen LogP contribution in [0.2, 0.25) is 0 Å². The van der Waals surface area contributed by atoms with Gasteiger partial charge in [-0.3, -0.25) is 4.98 Å². The quantitative estimate of drug-likeness (QED) is 0.650. The van der Waals surface area contributed by atoms with Crippen LogP contribution in [0.1, 0.15) is 19.4 Å². The lowest BCUT2D eigenvalue weighted by Gasteiger charge is -2.16. The third-order valence-electron chi connectivity index (χ3n) is 3.57. The third-order valence-corrected chi connectivity index (χ3v) is 3.57. The molecule has 1 aromatic carbocycles. The van der Waals surface area contributed by atoms with E-state index in [1.54, 1.807) is 24.4 Å². The van der Waals surface area contributed by atoms with Gasteiger partial charge in [0.1, 0.15) is 5.82 Å². The summed E-state index contributed by atoms with van der Waals surface area (Å²) in [5.74, 6) is 0.547.